The molecule has 182 valence electrons. The SMILES string of the molecule is CCCC(C)(NC(=O)OCC1c2ccccc2-c2ccccc21)C(=O)Nc1nn(C)cc1C(=O)O. The molecule has 3 N–H and O–H groups in total. The van der Waals surface area contributed by atoms with Crippen LogP contribution in [0.1, 0.15) is 54.1 Å². The van der Waals surface area contributed by atoms with Crippen molar-refractivity contribution in [2.24, 2.45) is 7.05 Å². The zero-order chi connectivity index (χ0) is 25.2. The first-order valence-electron chi connectivity index (χ1n) is 11.4. The minimum Gasteiger partial charge on any atom is -0.477 e. The Morgan fingerprint density at radius 1 is 1.09 bits per heavy atom. The number of fused-ring (bicyclic) bond motifs is 3. The van der Waals surface area contributed by atoms with Crippen molar-refractivity contribution >= 4 is 23.8 Å². The van der Waals surface area contributed by atoms with E-state index in [-0.39, 0.29) is 23.9 Å². The van der Waals surface area contributed by atoms with Crippen LogP contribution in [0.5, 0.6) is 0 Å². The summed E-state index contributed by atoms with van der Waals surface area (Å²) in [5, 5.41) is 18.6. The van der Waals surface area contributed by atoms with E-state index in [1.165, 1.54) is 10.9 Å². The summed E-state index contributed by atoms with van der Waals surface area (Å²) in [6.45, 7) is 3.58. The van der Waals surface area contributed by atoms with Crippen molar-refractivity contribution < 1.29 is 24.2 Å². The summed E-state index contributed by atoms with van der Waals surface area (Å²) in [6, 6.07) is 16.1. The molecule has 35 heavy (non-hydrogen) atoms. The Balaban J connectivity index is 1.47. The number of carbonyl (C=O) groups excluding carboxylic acids is 2. The van der Waals surface area contributed by atoms with Crippen LogP contribution in [0, 0.1) is 0 Å². The van der Waals surface area contributed by atoms with E-state index in [0.29, 0.717) is 12.8 Å². The summed E-state index contributed by atoms with van der Waals surface area (Å²) >= 11 is 0. The molecule has 0 saturated heterocycles. The molecule has 1 atom stereocenters. The van der Waals surface area contributed by atoms with Crippen molar-refractivity contribution in [3.05, 3.63) is 71.4 Å². The molecule has 0 saturated carbocycles. The molecule has 2 aromatic carbocycles. The molecule has 1 aliphatic carbocycles. The molecule has 1 aliphatic rings. The number of carboxylic acid groups (broad SMARTS) is 1. The minimum atomic E-state index is -1.33. The zero-order valence-electron chi connectivity index (χ0n) is 19.9. The first-order chi connectivity index (χ1) is 16.7. The fourth-order valence-electron chi connectivity index (χ4n) is 4.58. The molecule has 3 aromatic rings. The second kappa shape index (κ2) is 9.61. The van der Waals surface area contributed by atoms with Crippen LogP contribution in [0.4, 0.5) is 10.6 Å². The molecule has 0 spiro atoms. The van der Waals surface area contributed by atoms with Gasteiger partial charge in [-0.25, -0.2) is 9.59 Å². The average molecular weight is 477 g/mol. The number of carboxylic acids is 1. The van der Waals surface area contributed by atoms with Crippen molar-refractivity contribution in [1.29, 1.82) is 0 Å². The van der Waals surface area contributed by atoms with Gasteiger partial charge >= 0.3 is 12.1 Å². The molecule has 4 rings (SSSR count). The molecule has 9 nitrogen and oxygen atoms in total. The van der Waals surface area contributed by atoms with Crippen LogP contribution in [-0.2, 0) is 16.6 Å². The molecular weight excluding hydrogens is 448 g/mol. The monoisotopic (exact) mass is 476 g/mol. The predicted octanol–water partition coefficient (Wildman–Crippen LogP) is 4.15. The topological polar surface area (TPSA) is 123 Å². The first kappa shape index (κ1) is 24.0. The standard InChI is InChI=1S/C26H28N4O5/c1-4-13-26(2,24(33)27-22-20(23(31)32)14-30(3)29-22)28-25(34)35-15-21-18-11-7-5-9-16(18)17-10-6-8-12-19(17)21/h5-12,14,21H,4,13,15H2,1-3H3,(H,28,34)(H,31,32)(H,27,29,33). The van der Waals surface area contributed by atoms with E-state index < -0.39 is 23.5 Å². The lowest BCUT2D eigenvalue weighted by molar-refractivity contribution is -0.122. The van der Waals surface area contributed by atoms with E-state index >= 15 is 0 Å². The number of rotatable bonds is 8. The van der Waals surface area contributed by atoms with Crippen LogP contribution in [0.15, 0.2) is 54.7 Å². The highest BCUT2D eigenvalue weighted by molar-refractivity contribution is 6.03. The summed E-state index contributed by atoms with van der Waals surface area (Å²) < 4.78 is 6.91. The lowest BCUT2D eigenvalue weighted by Crippen LogP contribution is -2.55. The molecule has 0 aliphatic heterocycles. The number of anilines is 1. The number of nitrogens with zero attached hydrogens (tertiary/aromatic N) is 2. The van der Waals surface area contributed by atoms with Crippen molar-refractivity contribution in [2.45, 2.75) is 38.1 Å². The fraction of sp³-hybridized carbons (Fsp3) is 0.308. The van der Waals surface area contributed by atoms with E-state index in [9.17, 15) is 19.5 Å². The minimum absolute atomic E-state index is 0.0818. The summed E-state index contributed by atoms with van der Waals surface area (Å²) in [5.74, 6) is -1.98. The maximum atomic E-state index is 13.1. The molecule has 1 aromatic heterocycles. The molecule has 1 heterocycles. The van der Waals surface area contributed by atoms with Crippen LogP contribution < -0.4 is 10.6 Å². The van der Waals surface area contributed by atoms with Gasteiger partial charge in [-0.1, -0.05) is 61.9 Å². The van der Waals surface area contributed by atoms with Gasteiger partial charge in [-0.15, -0.1) is 0 Å². The quantitative estimate of drug-likeness (QED) is 0.449. The van der Waals surface area contributed by atoms with Crippen LogP contribution in [-0.4, -0.2) is 45.0 Å². The van der Waals surface area contributed by atoms with Gasteiger partial charge in [0.25, 0.3) is 5.91 Å². The summed E-state index contributed by atoms with van der Waals surface area (Å²) in [6.07, 6.45) is 1.49. The number of aryl methyl sites for hydroxylation is 1. The van der Waals surface area contributed by atoms with Crippen molar-refractivity contribution in [3.63, 3.8) is 0 Å². The fourth-order valence-corrected chi connectivity index (χ4v) is 4.58. The lowest BCUT2D eigenvalue weighted by atomic mass is 9.95. The maximum absolute atomic E-state index is 13.1. The number of aromatic carboxylic acids is 1. The highest BCUT2D eigenvalue weighted by atomic mass is 16.5. The first-order valence-corrected chi connectivity index (χ1v) is 11.4. The third-order valence-corrected chi connectivity index (χ3v) is 6.26. The third-order valence-electron chi connectivity index (χ3n) is 6.26. The van der Waals surface area contributed by atoms with Gasteiger partial charge in [0.05, 0.1) is 0 Å². The Morgan fingerprint density at radius 2 is 1.69 bits per heavy atom. The van der Waals surface area contributed by atoms with E-state index in [0.717, 1.165) is 22.3 Å². The smallest absolute Gasteiger partial charge is 0.408 e. The van der Waals surface area contributed by atoms with Gasteiger partial charge in [0, 0.05) is 19.2 Å². The number of amides is 2. The number of benzene rings is 2. The molecule has 1 unspecified atom stereocenters. The Hall–Kier alpha value is -4.14. The van der Waals surface area contributed by atoms with Gasteiger partial charge in [-0.3, -0.25) is 9.48 Å². The lowest BCUT2D eigenvalue weighted by Gasteiger charge is -2.29. The Morgan fingerprint density at radius 3 is 2.26 bits per heavy atom. The summed E-state index contributed by atoms with van der Waals surface area (Å²) in [7, 11) is 1.56. The molecule has 0 radical (unpaired) electrons. The van der Waals surface area contributed by atoms with E-state index in [1.807, 2.05) is 43.3 Å². The Bertz CT molecular complexity index is 1240. The van der Waals surface area contributed by atoms with Gasteiger partial charge in [0.1, 0.15) is 17.7 Å². The van der Waals surface area contributed by atoms with Crippen molar-refractivity contribution in [2.75, 3.05) is 11.9 Å². The van der Waals surface area contributed by atoms with E-state index in [2.05, 4.69) is 27.9 Å². The normalized spacial score (nSPS) is 13.9. The van der Waals surface area contributed by atoms with Gasteiger partial charge in [0.2, 0.25) is 0 Å². The second-order valence-electron chi connectivity index (χ2n) is 8.86. The van der Waals surface area contributed by atoms with E-state index in [4.69, 9.17) is 4.74 Å². The highest BCUT2D eigenvalue weighted by Gasteiger charge is 2.37. The predicted molar refractivity (Wildman–Crippen MR) is 130 cm³/mol. The second-order valence-corrected chi connectivity index (χ2v) is 8.86. The molecule has 2 amide bonds. The number of ether oxygens (including phenoxy) is 1. The molecule has 0 fully saturated rings. The molecule has 0 bridgehead atoms. The third kappa shape index (κ3) is 4.75. The van der Waals surface area contributed by atoms with E-state index in [1.54, 1.807) is 14.0 Å². The van der Waals surface area contributed by atoms with Gasteiger partial charge in [-0.2, -0.15) is 5.10 Å². The molecular formula is C26H28N4O5. The van der Waals surface area contributed by atoms with Gasteiger partial charge < -0.3 is 20.5 Å². The average Bonchev–Trinajstić information content (AvgIpc) is 3.35. The maximum Gasteiger partial charge on any atom is 0.408 e. The number of nitrogens with one attached hydrogen (secondary N) is 2. The van der Waals surface area contributed by atoms with Crippen molar-refractivity contribution in [3.8, 4) is 11.1 Å². The number of alkyl carbamates (subject to hydrolysis) is 1. The van der Waals surface area contributed by atoms with Crippen LogP contribution in [0.3, 0.4) is 0 Å². The number of hydrogen-bond acceptors (Lipinski definition) is 5. The molecule has 9 heteroatoms. The Kier molecular flexibility index (Phi) is 6.59. The zero-order valence-corrected chi connectivity index (χ0v) is 19.9. The van der Waals surface area contributed by atoms with Gasteiger partial charge in [0.15, 0.2) is 5.82 Å². The van der Waals surface area contributed by atoms with Gasteiger partial charge in [-0.05, 0) is 35.6 Å². The number of carbonyl (C=O) groups is 3. The summed E-state index contributed by atoms with van der Waals surface area (Å²) in [5.41, 5.74) is 2.96. The highest BCUT2D eigenvalue weighted by Crippen LogP contribution is 2.44. The van der Waals surface area contributed by atoms with Crippen molar-refractivity contribution in [1.82, 2.24) is 15.1 Å². The van der Waals surface area contributed by atoms with Crippen LogP contribution in [0.2, 0.25) is 0 Å². The number of aromatic nitrogens is 2. The largest absolute Gasteiger partial charge is 0.477 e. The number of hydrogen-bond donors (Lipinski definition) is 3. The summed E-state index contributed by atoms with van der Waals surface area (Å²) in [4.78, 5) is 37.4. The Labute approximate surface area is 203 Å². The van der Waals surface area contributed by atoms with Crippen LogP contribution >= 0.6 is 0 Å². The van der Waals surface area contributed by atoms with Crippen LogP contribution in [0.25, 0.3) is 11.1 Å².